The van der Waals surface area contributed by atoms with Crippen LogP contribution in [-0.4, -0.2) is 36.8 Å². The number of likely N-dealkylation sites (tertiary alicyclic amines) is 1. The molecular weight excluding hydrogens is 383 g/mol. The fourth-order valence-corrected chi connectivity index (χ4v) is 3.97. The van der Waals surface area contributed by atoms with Gasteiger partial charge < -0.3 is 4.74 Å². The Kier molecular flexibility index (Phi) is 5.45. The van der Waals surface area contributed by atoms with Gasteiger partial charge in [-0.15, -0.1) is 0 Å². The molecule has 2 aliphatic rings. The molecule has 0 N–H and O–H groups in total. The first-order chi connectivity index (χ1) is 11.4. The maximum atomic E-state index is 13.5. The highest BCUT2D eigenvalue weighted by Crippen LogP contribution is 2.53. The highest BCUT2D eigenvalue weighted by atomic mass is 79.9. The van der Waals surface area contributed by atoms with Crippen molar-refractivity contribution in [1.29, 1.82) is 0 Å². The number of hydrogen-bond donors (Lipinski definition) is 0. The lowest BCUT2D eigenvalue weighted by Crippen LogP contribution is -2.56. The summed E-state index contributed by atoms with van der Waals surface area (Å²) in [4.78, 5) is 2.02. The highest BCUT2D eigenvalue weighted by Gasteiger charge is 2.59. The van der Waals surface area contributed by atoms with Crippen LogP contribution in [0.3, 0.4) is 0 Å². The fourth-order valence-electron chi connectivity index (χ4n) is 3.70. The third-order valence-electron chi connectivity index (χ3n) is 5.42. The lowest BCUT2D eigenvalue weighted by atomic mass is 9.67. The zero-order valence-electron chi connectivity index (χ0n) is 13.6. The minimum absolute atomic E-state index is 0.0715. The molecule has 0 amide bonds. The summed E-state index contributed by atoms with van der Waals surface area (Å²) in [6.45, 7) is 1.33. The second-order valence-electron chi connectivity index (χ2n) is 7.02. The van der Waals surface area contributed by atoms with E-state index in [9.17, 15) is 13.2 Å². The van der Waals surface area contributed by atoms with Crippen LogP contribution in [0.25, 0.3) is 0 Å². The number of alkyl halides is 3. The second kappa shape index (κ2) is 7.24. The van der Waals surface area contributed by atoms with Crippen molar-refractivity contribution < 1.29 is 17.9 Å². The summed E-state index contributed by atoms with van der Waals surface area (Å²) < 4.78 is 47.2. The average molecular weight is 406 g/mol. The zero-order chi connectivity index (χ0) is 17.2. The van der Waals surface area contributed by atoms with Gasteiger partial charge in [-0.05, 0) is 56.5 Å². The van der Waals surface area contributed by atoms with Gasteiger partial charge in [0.25, 0.3) is 0 Å². The van der Waals surface area contributed by atoms with E-state index < -0.39 is 11.6 Å². The number of benzene rings is 1. The van der Waals surface area contributed by atoms with Crippen molar-refractivity contribution in [2.45, 2.75) is 50.7 Å². The molecule has 24 heavy (non-hydrogen) atoms. The van der Waals surface area contributed by atoms with E-state index >= 15 is 0 Å². The van der Waals surface area contributed by atoms with Gasteiger partial charge in [0.2, 0.25) is 0 Å². The normalized spacial score (nSPS) is 24.4. The van der Waals surface area contributed by atoms with Crippen molar-refractivity contribution >= 4 is 15.9 Å². The van der Waals surface area contributed by atoms with Gasteiger partial charge in [-0.25, -0.2) is 0 Å². The van der Waals surface area contributed by atoms with Crippen molar-refractivity contribution in [2.24, 2.45) is 5.41 Å². The number of nitrogens with zero attached hydrogens (tertiary/aromatic N) is 1. The van der Waals surface area contributed by atoms with Crippen LogP contribution < -0.4 is 4.74 Å². The highest BCUT2D eigenvalue weighted by molar-refractivity contribution is 9.10. The first-order valence-corrected chi connectivity index (χ1v) is 9.38. The maximum Gasteiger partial charge on any atom is 0.395 e. The molecule has 1 aromatic rings. The van der Waals surface area contributed by atoms with Gasteiger partial charge in [0.15, 0.2) is 0 Å². The second-order valence-corrected chi connectivity index (χ2v) is 7.93. The number of rotatable bonds is 5. The summed E-state index contributed by atoms with van der Waals surface area (Å²) >= 11 is 3.38. The van der Waals surface area contributed by atoms with Crippen molar-refractivity contribution in [1.82, 2.24) is 4.90 Å². The van der Waals surface area contributed by atoms with Gasteiger partial charge in [0, 0.05) is 17.1 Å². The van der Waals surface area contributed by atoms with Crippen LogP contribution in [0.5, 0.6) is 5.75 Å². The van der Waals surface area contributed by atoms with Gasteiger partial charge in [-0.3, -0.25) is 4.90 Å². The minimum Gasteiger partial charge on any atom is -0.492 e. The fraction of sp³-hybridized carbons (Fsp3) is 0.667. The molecule has 0 radical (unpaired) electrons. The molecule has 1 aromatic carbocycles. The van der Waals surface area contributed by atoms with Crippen molar-refractivity contribution in [3.8, 4) is 5.75 Å². The zero-order valence-corrected chi connectivity index (χ0v) is 15.2. The summed E-state index contributed by atoms with van der Waals surface area (Å²) in [5.74, 6) is 0.762. The van der Waals surface area contributed by atoms with Crippen LogP contribution in [-0.2, 0) is 0 Å². The van der Waals surface area contributed by atoms with E-state index in [-0.39, 0.29) is 25.4 Å². The smallest absolute Gasteiger partial charge is 0.395 e. The Morgan fingerprint density at radius 3 is 2.42 bits per heavy atom. The SMILES string of the molecule is FC(F)(F)C1(CN2CCCCC2COc2ccc(Br)cc2)CCC1. The number of ether oxygens (including phenoxy) is 1. The Labute approximate surface area is 149 Å². The van der Waals surface area contributed by atoms with Crippen LogP contribution in [0, 0.1) is 5.41 Å². The summed E-state index contributed by atoms with van der Waals surface area (Å²) in [6, 6.07) is 7.63. The Morgan fingerprint density at radius 1 is 1.12 bits per heavy atom. The molecule has 3 rings (SSSR count). The molecule has 2 fully saturated rings. The molecule has 6 heteroatoms. The topological polar surface area (TPSA) is 12.5 Å². The molecular formula is C18H23BrF3NO. The molecule has 1 unspecified atom stereocenters. The van der Waals surface area contributed by atoms with Crippen LogP contribution in [0.4, 0.5) is 13.2 Å². The van der Waals surface area contributed by atoms with Crippen LogP contribution in [0.15, 0.2) is 28.7 Å². The Balaban J connectivity index is 1.62. The largest absolute Gasteiger partial charge is 0.492 e. The maximum absolute atomic E-state index is 13.5. The predicted octanol–water partition coefficient (Wildman–Crippen LogP) is 5.42. The Morgan fingerprint density at radius 2 is 1.83 bits per heavy atom. The molecule has 1 heterocycles. The molecule has 134 valence electrons. The van der Waals surface area contributed by atoms with Crippen LogP contribution in [0.1, 0.15) is 38.5 Å². The van der Waals surface area contributed by atoms with Gasteiger partial charge in [-0.1, -0.05) is 28.8 Å². The molecule has 1 aliphatic heterocycles. The van der Waals surface area contributed by atoms with E-state index in [4.69, 9.17) is 4.74 Å². The van der Waals surface area contributed by atoms with Crippen molar-refractivity contribution in [3.05, 3.63) is 28.7 Å². The lowest BCUT2D eigenvalue weighted by molar-refractivity contribution is -0.258. The molecule has 0 bridgehead atoms. The molecule has 1 atom stereocenters. The van der Waals surface area contributed by atoms with E-state index in [0.29, 0.717) is 13.0 Å². The van der Waals surface area contributed by atoms with E-state index in [2.05, 4.69) is 15.9 Å². The predicted molar refractivity (Wildman–Crippen MR) is 91.2 cm³/mol. The van der Waals surface area contributed by atoms with Gasteiger partial charge in [0.1, 0.15) is 12.4 Å². The Hall–Kier alpha value is -0.750. The molecule has 0 aromatic heterocycles. The average Bonchev–Trinajstić information content (AvgIpc) is 2.50. The van der Waals surface area contributed by atoms with E-state index in [1.165, 1.54) is 0 Å². The summed E-state index contributed by atoms with van der Waals surface area (Å²) in [6.07, 6.45) is 0.0743. The van der Waals surface area contributed by atoms with E-state index in [1.807, 2.05) is 29.2 Å². The molecule has 1 saturated carbocycles. The van der Waals surface area contributed by atoms with Crippen LogP contribution >= 0.6 is 15.9 Å². The third-order valence-corrected chi connectivity index (χ3v) is 5.95. The summed E-state index contributed by atoms with van der Waals surface area (Å²) in [5, 5.41) is 0. The van der Waals surface area contributed by atoms with E-state index in [1.54, 1.807) is 0 Å². The first-order valence-electron chi connectivity index (χ1n) is 8.59. The number of piperidine rings is 1. The lowest BCUT2D eigenvalue weighted by Gasteiger charge is -2.48. The minimum atomic E-state index is -4.10. The molecule has 1 saturated heterocycles. The van der Waals surface area contributed by atoms with Crippen molar-refractivity contribution in [3.63, 3.8) is 0 Å². The van der Waals surface area contributed by atoms with E-state index in [0.717, 1.165) is 36.0 Å². The standard InChI is InChI=1S/C18H23BrF3NO/c19-14-5-7-16(8-6-14)24-12-15-4-1-2-11-23(15)13-17(9-3-10-17)18(20,21)22/h5-8,15H,1-4,9-13H2. The molecule has 1 aliphatic carbocycles. The Bertz CT molecular complexity index is 542. The summed E-state index contributed by atoms with van der Waals surface area (Å²) in [5.41, 5.74) is -1.49. The van der Waals surface area contributed by atoms with Crippen molar-refractivity contribution in [2.75, 3.05) is 19.7 Å². The molecule has 0 spiro atoms. The van der Waals surface area contributed by atoms with Gasteiger partial charge in [0.05, 0.1) is 5.41 Å². The van der Waals surface area contributed by atoms with Crippen LogP contribution in [0.2, 0.25) is 0 Å². The van der Waals surface area contributed by atoms with Gasteiger partial charge in [-0.2, -0.15) is 13.2 Å². The summed E-state index contributed by atoms with van der Waals surface area (Å²) in [7, 11) is 0. The third kappa shape index (κ3) is 3.90. The monoisotopic (exact) mass is 405 g/mol. The van der Waals surface area contributed by atoms with Gasteiger partial charge >= 0.3 is 6.18 Å². The quantitative estimate of drug-likeness (QED) is 0.648. The first kappa shape index (κ1) is 18.1. The number of hydrogen-bond acceptors (Lipinski definition) is 2. The number of halogens is 4. The molecule has 2 nitrogen and oxygen atoms in total.